The first kappa shape index (κ1) is 18.7. The van der Waals surface area contributed by atoms with Crippen LogP contribution in [0.2, 0.25) is 0 Å². The van der Waals surface area contributed by atoms with E-state index in [1.54, 1.807) is 6.92 Å². The number of amides is 2. The molecule has 3 atom stereocenters. The van der Waals surface area contributed by atoms with E-state index >= 15 is 0 Å². The van der Waals surface area contributed by atoms with Crippen molar-refractivity contribution in [3.8, 4) is 0 Å². The molecular formula is C18H23F2N3O3S. The van der Waals surface area contributed by atoms with E-state index < -0.39 is 24.2 Å². The number of hydrogen-bond donors (Lipinski definition) is 2. The maximum Gasteiger partial charge on any atom is 0.271 e. The third-order valence-corrected chi connectivity index (χ3v) is 7.09. The molecule has 3 fully saturated rings. The number of nitrogens with zero attached hydrogens (tertiary/aromatic N) is 1. The van der Waals surface area contributed by atoms with Crippen LogP contribution in [0.5, 0.6) is 0 Å². The number of alkyl halides is 2. The summed E-state index contributed by atoms with van der Waals surface area (Å²) in [6.07, 6.45) is 2.29. The molecule has 1 saturated heterocycles. The van der Waals surface area contributed by atoms with Crippen molar-refractivity contribution in [2.75, 3.05) is 18.5 Å². The number of aromatic nitrogens is 1. The first-order valence-corrected chi connectivity index (χ1v) is 10.2. The molecule has 0 radical (unpaired) electrons. The zero-order valence-corrected chi connectivity index (χ0v) is 15.9. The highest BCUT2D eigenvalue weighted by Gasteiger charge is 2.51. The van der Waals surface area contributed by atoms with E-state index in [1.165, 1.54) is 6.42 Å². The van der Waals surface area contributed by atoms with Gasteiger partial charge in [0.2, 0.25) is 5.91 Å². The summed E-state index contributed by atoms with van der Waals surface area (Å²) in [5.41, 5.74) is 0.545. The van der Waals surface area contributed by atoms with Crippen LogP contribution in [0.25, 0.3) is 0 Å². The highest BCUT2D eigenvalue weighted by atomic mass is 32.1. The number of aryl methyl sites for hydroxylation is 1. The van der Waals surface area contributed by atoms with Gasteiger partial charge in [-0.25, -0.2) is 13.8 Å². The number of halogens is 2. The molecule has 2 heterocycles. The number of nitrogens with one attached hydrogen (secondary N) is 2. The molecule has 2 saturated carbocycles. The normalized spacial score (nSPS) is 31.7. The topological polar surface area (TPSA) is 80.3 Å². The lowest BCUT2D eigenvalue weighted by Crippen LogP contribution is -2.58. The van der Waals surface area contributed by atoms with Gasteiger partial charge in [0.1, 0.15) is 24.0 Å². The number of carbonyl (C=O) groups excluding carboxylic acids is 2. The average Bonchev–Trinajstić information content (AvgIpc) is 2.90. The van der Waals surface area contributed by atoms with E-state index in [2.05, 4.69) is 15.6 Å². The molecule has 0 bridgehead atoms. The summed E-state index contributed by atoms with van der Waals surface area (Å²) in [6, 6.07) is 0.194. The summed E-state index contributed by atoms with van der Waals surface area (Å²) < 4.78 is 32.5. The number of rotatable bonds is 4. The molecule has 6 nitrogen and oxygen atoms in total. The fourth-order valence-corrected chi connectivity index (χ4v) is 5.10. The van der Waals surface area contributed by atoms with Crippen LogP contribution < -0.4 is 10.6 Å². The number of carbonyl (C=O) groups is 2. The summed E-state index contributed by atoms with van der Waals surface area (Å²) in [5.74, 6) is -2.45. The third-order valence-electron chi connectivity index (χ3n) is 6.20. The van der Waals surface area contributed by atoms with Crippen molar-refractivity contribution in [1.29, 1.82) is 0 Å². The molecule has 2 aliphatic carbocycles. The molecular weight excluding hydrogens is 376 g/mol. The molecule has 1 spiro atoms. The molecule has 9 heteroatoms. The minimum Gasteiger partial charge on any atom is -0.375 e. The molecule has 1 aliphatic heterocycles. The summed E-state index contributed by atoms with van der Waals surface area (Å²) in [4.78, 5) is 29.7. The number of anilines is 1. The van der Waals surface area contributed by atoms with Crippen molar-refractivity contribution in [3.05, 3.63) is 10.6 Å². The molecule has 0 aromatic carbocycles. The number of hydrogen-bond acceptors (Lipinski definition) is 5. The van der Waals surface area contributed by atoms with Gasteiger partial charge in [-0.05, 0) is 38.0 Å². The van der Waals surface area contributed by atoms with Crippen LogP contribution >= 0.6 is 11.3 Å². The molecule has 2 unspecified atom stereocenters. The molecule has 3 aliphatic rings. The van der Waals surface area contributed by atoms with Crippen LogP contribution in [0.4, 0.5) is 13.9 Å². The Morgan fingerprint density at radius 2 is 1.93 bits per heavy atom. The molecule has 2 N–H and O–H groups in total. The SMILES string of the molecule is Cc1sc(NC(=O)C2C(F)COCC2F)nc1C(=O)N[C@@H]1CCC12CCC2. The smallest absolute Gasteiger partial charge is 0.271 e. The Bertz CT molecular complexity index is 737. The summed E-state index contributed by atoms with van der Waals surface area (Å²) in [5, 5.41) is 5.71. The highest BCUT2D eigenvalue weighted by Crippen LogP contribution is 2.55. The third kappa shape index (κ3) is 3.35. The zero-order chi connectivity index (χ0) is 19.2. The van der Waals surface area contributed by atoms with Crippen LogP contribution in [0.15, 0.2) is 0 Å². The van der Waals surface area contributed by atoms with E-state index in [4.69, 9.17) is 4.74 Å². The van der Waals surface area contributed by atoms with Crippen molar-refractivity contribution in [2.45, 2.75) is 57.4 Å². The monoisotopic (exact) mass is 399 g/mol. The van der Waals surface area contributed by atoms with Gasteiger partial charge in [-0.3, -0.25) is 9.59 Å². The van der Waals surface area contributed by atoms with Gasteiger partial charge in [0.05, 0.1) is 13.2 Å². The van der Waals surface area contributed by atoms with Crippen molar-refractivity contribution in [1.82, 2.24) is 10.3 Å². The lowest BCUT2D eigenvalue weighted by Gasteiger charge is -2.56. The zero-order valence-electron chi connectivity index (χ0n) is 15.1. The minimum absolute atomic E-state index is 0.181. The Morgan fingerprint density at radius 1 is 1.22 bits per heavy atom. The Labute approximate surface area is 160 Å². The standard InChI is InChI=1S/C18H23F2N3O3S/c1-9-14(16(25)21-12-3-6-18(12)4-2-5-18)22-17(27-9)23-15(24)13-10(19)7-26-8-11(13)20/h10-13H,2-8H2,1H3,(H,21,25)(H,22,23,24)/t10?,11?,12-,13?/m1/s1. The molecule has 1 aromatic rings. The summed E-state index contributed by atoms with van der Waals surface area (Å²) in [6.45, 7) is 1.14. The van der Waals surface area contributed by atoms with Crippen LogP contribution in [-0.4, -0.2) is 48.4 Å². The molecule has 1 aromatic heterocycles. The van der Waals surface area contributed by atoms with Crippen LogP contribution in [0.3, 0.4) is 0 Å². The van der Waals surface area contributed by atoms with Gasteiger partial charge >= 0.3 is 0 Å². The first-order valence-electron chi connectivity index (χ1n) is 9.35. The van der Waals surface area contributed by atoms with E-state index in [0.29, 0.717) is 4.88 Å². The molecule has 4 rings (SSSR count). The van der Waals surface area contributed by atoms with Crippen LogP contribution in [0.1, 0.15) is 47.5 Å². The average molecular weight is 399 g/mol. The second-order valence-corrected chi connectivity index (χ2v) is 8.99. The predicted octanol–water partition coefficient (Wildman–Crippen LogP) is 2.78. The summed E-state index contributed by atoms with van der Waals surface area (Å²) >= 11 is 1.13. The Hall–Kier alpha value is -1.61. The lowest BCUT2D eigenvalue weighted by molar-refractivity contribution is -0.132. The Balaban J connectivity index is 1.40. The fraction of sp³-hybridized carbons (Fsp3) is 0.722. The lowest BCUT2D eigenvalue weighted by atomic mass is 9.53. The van der Waals surface area contributed by atoms with E-state index in [-0.39, 0.29) is 41.4 Å². The van der Waals surface area contributed by atoms with Crippen molar-refractivity contribution >= 4 is 28.3 Å². The van der Waals surface area contributed by atoms with E-state index in [0.717, 1.165) is 37.0 Å². The fourth-order valence-electron chi connectivity index (χ4n) is 4.28. The first-order chi connectivity index (χ1) is 12.9. The molecule has 2 amide bonds. The maximum atomic E-state index is 13.9. The van der Waals surface area contributed by atoms with Gasteiger partial charge in [-0.1, -0.05) is 6.42 Å². The van der Waals surface area contributed by atoms with Crippen LogP contribution in [0, 0.1) is 18.3 Å². The van der Waals surface area contributed by atoms with Crippen LogP contribution in [-0.2, 0) is 9.53 Å². The van der Waals surface area contributed by atoms with Gasteiger partial charge in [0.15, 0.2) is 5.13 Å². The highest BCUT2D eigenvalue weighted by molar-refractivity contribution is 7.16. The van der Waals surface area contributed by atoms with Gasteiger partial charge in [-0.2, -0.15) is 0 Å². The number of thiazole rings is 1. The quantitative estimate of drug-likeness (QED) is 0.816. The molecule has 148 valence electrons. The van der Waals surface area contributed by atoms with Gasteiger partial charge in [-0.15, -0.1) is 11.3 Å². The second kappa shape index (κ2) is 7.09. The van der Waals surface area contributed by atoms with Crippen molar-refractivity contribution in [3.63, 3.8) is 0 Å². The van der Waals surface area contributed by atoms with Gasteiger partial charge < -0.3 is 15.4 Å². The second-order valence-electron chi connectivity index (χ2n) is 7.79. The summed E-state index contributed by atoms with van der Waals surface area (Å²) in [7, 11) is 0. The maximum absolute atomic E-state index is 13.9. The minimum atomic E-state index is -1.70. The Kier molecular flexibility index (Phi) is 4.92. The Morgan fingerprint density at radius 3 is 2.48 bits per heavy atom. The predicted molar refractivity (Wildman–Crippen MR) is 96.4 cm³/mol. The van der Waals surface area contributed by atoms with Crippen molar-refractivity contribution < 1.29 is 23.1 Å². The van der Waals surface area contributed by atoms with E-state index in [9.17, 15) is 18.4 Å². The molecule has 27 heavy (non-hydrogen) atoms. The largest absolute Gasteiger partial charge is 0.375 e. The van der Waals surface area contributed by atoms with Gasteiger partial charge in [0.25, 0.3) is 5.91 Å². The van der Waals surface area contributed by atoms with E-state index in [1.807, 2.05) is 0 Å². The van der Waals surface area contributed by atoms with Crippen molar-refractivity contribution in [2.24, 2.45) is 11.3 Å². The number of ether oxygens (including phenoxy) is 1. The van der Waals surface area contributed by atoms with Gasteiger partial charge in [0, 0.05) is 10.9 Å².